The van der Waals surface area contributed by atoms with Crippen molar-refractivity contribution in [2.45, 2.75) is 6.54 Å². The van der Waals surface area contributed by atoms with Gasteiger partial charge in [0.05, 0.1) is 6.20 Å². The first-order valence-electron chi connectivity index (χ1n) is 3.88. The summed E-state index contributed by atoms with van der Waals surface area (Å²) in [6.07, 6.45) is 1.42. The summed E-state index contributed by atoms with van der Waals surface area (Å²) < 4.78 is 1.98. The summed E-state index contributed by atoms with van der Waals surface area (Å²) in [6.45, 7) is 0.134. The minimum Gasteiger partial charge on any atom is -0.347 e. The summed E-state index contributed by atoms with van der Waals surface area (Å²) in [4.78, 5) is 12.8. The second-order valence-electron chi connectivity index (χ2n) is 2.91. The summed E-state index contributed by atoms with van der Waals surface area (Å²) in [6, 6.07) is 1.96. The van der Waals surface area contributed by atoms with Gasteiger partial charge in [-0.3, -0.25) is 4.79 Å². The van der Waals surface area contributed by atoms with E-state index in [-0.39, 0.29) is 12.5 Å². The van der Waals surface area contributed by atoms with Gasteiger partial charge in [0, 0.05) is 14.1 Å². The quantitative estimate of drug-likeness (QED) is 0.779. The Kier molecular flexibility index (Phi) is 3.25. The summed E-state index contributed by atoms with van der Waals surface area (Å²) in [7, 11) is 3.34. The molecule has 0 fully saturated rings. The largest absolute Gasteiger partial charge is 0.347 e. The average molecular weight is 257 g/mol. The number of nitriles is 1. The molecule has 1 rings (SSSR count). The van der Waals surface area contributed by atoms with Gasteiger partial charge in [-0.25, -0.2) is 4.68 Å². The summed E-state index contributed by atoms with van der Waals surface area (Å²) >= 11 is 3.20. The van der Waals surface area contributed by atoms with Crippen LogP contribution in [0.2, 0.25) is 0 Å². The van der Waals surface area contributed by atoms with Crippen molar-refractivity contribution in [3.63, 3.8) is 0 Å². The van der Waals surface area contributed by atoms with Crippen molar-refractivity contribution in [2.24, 2.45) is 0 Å². The van der Waals surface area contributed by atoms with Crippen LogP contribution >= 0.6 is 15.9 Å². The SMILES string of the molecule is CN(C)C(=O)Cn1ncc(C#N)c1Br. The van der Waals surface area contributed by atoms with Gasteiger partial charge < -0.3 is 4.90 Å². The number of carbonyl (C=O) groups is 1. The Balaban J connectivity index is 2.84. The summed E-state index contributed by atoms with van der Waals surface area (Å²) in [5.41, 5.74) is 0.427. The highest BCUT2D eigenvalue weighted by Gasteiger charge is 2.11. The van der Waals surface area contributed by atoms with E-state index < -0.39 is 0 Å². The molecule has 1 amide bonds. The van der Waals surface area contributed by atoms with E-state index in [2.05, 4.69) is 21.0 Å². The molecule has 1 heterocycles. The lowest BCUT2D eigenvalue weighted by molar-refractivity contribution is -0.129. The van der Waals surface area contributed by atoms with Gasteiger partial charge >= 0.3 is 0 Å². The first-order valence-corrected chi connectivity index (χ1v) is 4.67. The average Bonchev–Trinajstić information content (AvgIpc) is 2.47. The molecule has 0 radical (unpaired) electrons. The number of amides is 1. The van der Waals surface area contributed by atoms with Crippen LogP contribution in [-0.2, 0) is 11.3 Å². The predicted octanol–water partition coefficient (Wildman–Crippen LogP) is 0.605. The first kappa shape index (κ1) is 10.7. The van der Waals surface area contributed by atoms with Crippen LogP contribution in [0.5, 0.6) is 0 Å². The maximum Gasteiger partial charge on any atom is 0.243 e. The van der Waals surface area contributed by atoms with Crippen LogP contribution in [-0.4, -0.2) is 34.7 Å². The van der Waals surface area contributed by atoms with Crippen LogP contribution < -0.4 is 0 Å². The Bertz CT molecular complexity index is 391. The van der Waals surface area contributed by atoms with Gasteiger partial charge in [-0.1, -0.05) is 0 Å². The van der Waals surface area contributed by atoms with E-state index in [0.717, 1.165) is 0 Å². The predicted molar refractivity (Wildman–Crippen MR) is 53.3 cm³/mol. The highest BCUT2D eigenvalue weighted by molar-refractivity contribution is 9.10. The second kappa shape index (κ2) is 4.24. The van der Waals surface area contributed by atoms with E-state index in [1.54, 1.807) is 14.1 Å². The van der Waals surface area contributed by atoms with Gasteiger partial charge in [0.1, 0.15) is 22.8 Å². The van der Waals surface area contributed by atoms with E-state index >= 15 is 0 Å². The van der Waals surface area contributed by atoms with Gasteiger partial charge in [-0.05, 0) is 15.9 Å². The van der Waals surface area contributed by atoms with E-state index in [9.17, 15) is 4.79 Å². The number of halogens is 1. The molecule has 14 heavy (non-hydrogen) atoms. The maximum absolute atomic E-state index is 11.3. The molecule has 6 heteroatoms. The van der Waals surface area contributed by atoms with Gasteiger partial charge in [0.25, 0.3) is 0 Å². The minimum absolute atomic E-state index is 0.0710. The molecule has 1 aromatic rings. The highest BCUT2D eigenvalue weighted by Crippen LogP contribution is 2.14. The van der Waals surface area contributed by atoms with Crippen molar-refractivity contribution in [2.75, 3.05) is 14.1 Å². The number of rotatable bonds is 2. The Hall–Kier alpha value is -1.35. The van der Waals surface area contributed by atoms with Gasteiger partial charge in [-0.15, -0.1) is 0 Å². The zero-order chi connectivity index (χ0) is 10.7. The summed E-state index contributed by atoms with van der Waals surface area (Å²) in [5, 5.41) is 12.6. The number of carbonyl (C=O) groups excluding carboxylic acids is 1. The molecule has 0 aromatic carbocycles. The fraction of sp³-hybridized carbons (Fsp3) is 0.375. The third kappa shape index (κ3) is 2.12. The normalized spacial score (nSPS) is 9.57. The molecule has 0 saturated carbocycles. The number of aromatic nitrogens is 2. The Morgan fingerprint density at radius 3 is 2.86 bits per heavy atom. The standard InChI is InChI=1S/C8H9BrN4O/c1-12(2)7(14)5-13-8(9)6(3-10)4-11-13/h4H,5H2,1-2H3. The van der Waals surface area contributed by atoms with E-state index in [1.165, 1.54) is 15.8 Å². The Morgan fingerprint density at radius 1 is 1.79 bits per heavy atom. The number of likely N-dealkylation sites (N-methyl/N-ethyl adjacent to an activating group) is 1. The number of nitrogens with zero attached hydrogens (tertiary/aromatic N) is 4. The number of hydrogen-bond acceptors (Lipinski definition) is 3. The van der Waals surface area contributed by atoms with Crippen LogP contribution in [0.3, 0.4) is 0 Å². The molecule has 0 aliphatic carbocycles. The van der Waals surface area contributed by atoms with E-state index in [0.29, 0.717) is 10.2 Å². The minimum atomic E-state index is -0.0710. The lowest BCUT2D eigenvalue weighted by Gasteiger charge is -2.10. The molecule has 0 N–H and O–H groups in total. The first-order chi connectivity index (χ1) is 6.56. The molecule has 0 bridgehead atoms. The fourth-order valence-electron chi connectivity index (χ4n) is 0.825. The van der Waals surface area contributed by atoms with Gasteiger partial charge in [-0.2, -0.15) is 10.4 Å². The lowest BCUT2D eigenvalue weighted by atomic mass is 10.4. The fourth-order valence-corrected chi connectivity index (χ4v) is 1.23. The maximum atomic E-state index is 11.3. The molecule has 0 unspecified atom stereocenters. The van der Waals surface area contributed by atoms with Crippen LogP contribution in [0.4, 0.5) is 0 Å². The second-order valence-corrected chi connectivity index (χ2v) is 3.66. The number of hydrogen-bond donors (Lipinski definition) is 0. The van der Waals surface area contributed by atoms with E-state index in [4.69, 9.17) is 5.26 Å². The Morgan fingerprint density at radius 2 is 2.43 bits per heavy atom. The molecule has 1 aromatic heterocycles. The zero-order valence-electron chi connectivity index (χ0n) is 7.86. The molecule has 5 nitrogen and oxygen atoms in total. The van der Waals surface area contributed by atoms with Crippen LogP contribution in [0, 0.1) is 11.3 Å². The molecular formula is C8H9BrN4O. The van der Waals surface area contributed by atoms with Crippen LogP contribution in [0.1, 0.15) is 5.56 Å². The van der Waals surface area contributed by atoms with Crippen LogP contribution in [0.25, 0.3) is 0 Å². The third-order valence-electron chi connectivity index (χ3n) is 1.68. The summed E-state index contributed by atoms with van der Waals surface area (Å²) in [5.74, 6) is -0.0710. The molecule has 0 saturated heterocycles. The zero-order valence-corrected chi connectivity index (χ0v) is 9.45. The molecule has 0 spiro atoms. The highest BCUT2D eigenvalue weighted by atomic mass is 79.9. The topological polar surface area (TPSA) is 61.9 Å². The third-order valence-corrected chi connectivity index (χ3v) is 2.52. The van der Waals surface area contributed by atoms with Gasteiger partial charge in [0.2, 0.25) is 5.91 Å². The van der Waals surface area contributed by atoms with Crippen molar-refractivity contribution in [3.8, 4) is 6.07 Å². The van der Waals surface area contributed by atoms with Crippen LogP contribution in [0.15, 0.2) is 10.8 Å². The molecular weight excluding hydrogens is 248 g/mol. The van der Waals surface area contributed by atoms with Crippen molar-refractivity contribution in [1.29, 1.82) is 5.26 Å². The lowest BCUT2D eigenvalue weighted by Crippen LogP contribution is -2.26. The Labute approximate surface area is 90.0 Å². The monoisotopic (exact) mass is 256 g/mol. The van der Waals surface area contributed by atoms with Crippen molar-refractivity contribution < 1.29 is 4.79 Å². The molecule has 0 aliphatic heterocycles. The van der Waals surface area contributed by atoms with E-state index in [1.807, 2.05) is 6.07 Å². The van der Waals surface area contributed by atoms with Crippen molar-refractivity contribution >= 4 is 21.8 Å². The molecule has 0 aliphatic rings. The molecule has 74 valence electrons. The van der Waals surface area contributed by atoms with Crippen molar-refractivity contribution in [1.82, 2.24) is 14.7 Å². The smallest absolute Gasteiger partial charge is 0.243 e. The van der Waals surface area contributed by atoms with Gasteiger partial charge in [0.15, 0.2) is 0 Å². The van der Waals surface area contributed by atoms with Crippen molar-refractivity contribution in [3.05, 3.63) is 16.4 Å². The molecule has 0 atom stereocenters.